The van der Waals surface area contributed by atoms with Crippen LogP contribution < -0.4 is 11.1 Å². The van der Waals surface area contributed by atoms with Crippen molar-refractivity contribution in [1.82, 2.24) is 5.32 Å². The zero-order valence-electron chi connectivity index (χ0n) is 8.00. The number of rotatable bonds is 5. The Morgan fingerprint density at radius 2 is 2.36 bits per heavy atom. The summed E-state index contributed by atoms with van der Waals surface area (Å²) in [5.74, 6) is 0.479. The molecule has 78 valence electrons. The van der Waals surface area contributed by atoms with E-state index in [0.29, 0.717) is 5.92 Å². The maximum atomic E-state index is 5.77. The summed E-state index contributed by atoms with van der Waals surface area (Å²) in [6, 6.07) is 5.04. The van der Waals surface area contributed by atoms with E-state index in [4.69, 9.17) is 5.73 Å². The molecule has 0 spiro atoms. The number of nitrogens with one attached hydrogen (secondary N) is 1. The first kappa shape index (κ1) is 10.6. The van der Waals surface area contributed by atoms with Gasteiger partial charge in [-0.05, 0) is 40.9 Å². The second-order valence-corrected chi connectivity index (χ2v) is 6.25. The first-order valence-electron chi connectivity index (χ1n) is 4.98. The Balaban J connectivity index is 1.90. The van der Waals surface area contributed by atoms with E-state index in [-0.39, 0.29) is 0 Å². The van der Waals surface area contributed by atoms with Crippen molar-refractivity contribution in [3.8, 4) is 0 Å². The van der Waals surface area contributed by atoms with Crippen molar-refractivity contribution in [1.29, 1.82) is 0 Å². The highest BCUT2D eigenvalue weighted by Gasteiger charge is 2.22. The summed E-state index contributed by atoms with van der Waals surface area (Å²) in [6.45, 7) is 1.75. The van der Waals surface area contributed by atoms with Crippen LogP contribution in [0.25, 0.3) is 0 Å². The highest BCUT2D eigenvalue weighted by atomic mass is 79.9. The van der Waals surface area contributed by atoms with Crippen molar-refractivity contribution in [3.63, 3.8) is 0 Å². The van der Waals surface area contributed by atoms with Crippen molar-refractivity contribution in [2.24, 2.45) is 5.73 Å². The van der Waals surface area contributed by atoms with Crippen LogP contribution in [0, 0.1) is 0 Å². The van der Waals surface area contributed by atoms with E-state index in [9.17, 15) is 0 Å². The first-order valence-corrected chi connectivity index (χ1v) is 6.59. The Labute approximate surface area is 97.0 Å². The van der Waals surface area contributed by atoms with E-state index in [2.05, 4.69) is 33.4 Å². The van der Waals surface area contributed by atoms with Gasteiger partial charge in [-0.1, -0.05) is 0 Å². The molecular weight excluding hydrogens is 260 g/mol. The summed E-state index contributed by atoms with van der Waals surface area (Å²) in [7, 11) is 0. The minimum atomic E-state index is 0.479. The lowest BCUT2D eigenvalue weighted by Gasteiger charge is -2.13. The molecule has 1 aliphatic rings. The van der Waals surface area contributed by atoms with Crippen LogP contribution in [0.1, 0.15) is 23.6 Å². The van der Waals surface area contributed by atoms with Crippen molar-refractivity contribution in [3.05, 3.63) is 20.8 Å². The van der Waals surface area contributed by atoms with Crippen LogP contribution in [0.15, 0.2) is 15.9 Å². The van der Waals surface area contributed by atoms with Gasteiger partial charge in [0.2, 0.25) is 0 Å². The molecule has 1 aliphatic carbocycles. The third kappa shape index (κ3) is 2.79. The Kier molecular flexibility index (Phi) is 3.60. The molecule has 1 heterocycles. The number of nitrogens with two attached hydrogens (primary N) is 1. The maximum absolute atomic E-state index is 5.77. The molecule has 0 aliphatic heterocycles. The van der Waals surface area contributed by atoms with Crippen LogP contribution >= 0.6 is 27.3 Å². The summed E-state index contributed by atoms with van der Waals surface area (Å²) >= 11 is 5.27. The summed E-state index contributed by atoms with van der Waals surface area (Å²) in [5, 5.41) is 3.53. The lowest BCUT2D eigenvalue weighted by molar-refractivity contribution is 0.592. The van der Waals surface area contributed by atoms with E-state index in [1.165, 1.54) is 21.5 Å². The Hall–Kier alpha value is 0.1000. The molecule has 1 aromatic heterocycles. The molecule has 1 aromatic rings. The van der Waals surface area contributed by atoms with E-state index in [0.717, 1.165) is 19.1 Å². The Morgan fingerprint density at radius 3 is 2.86 bits per heavy atom. The van der Waals surface area contributed by atoms with Gasteiger partial charge in [0.05, 0.1) is 3.79 Å². The second-order valence-electron chi connectivity index (χ2n) is 3.76. The van der Waals surface area contributed by atoms with Crippen molar-refractivity contribution in [2.75, 3.05) is 13.1 Å². The van der Waals surface area contributed by atoms with Gasteiger partial charge in [0, 0.05) is 29.9 Å². The van der Waals surface area contributed by atoms with E-state index < -0.39 is 0 Å². The van der Waals surface area contributed by atoms with Crippen LogP contribution in [-0.2, 0) is 0 Å². The van der Waals surface area contributed by atoms with Crippen LogP contribution in [0.3, 0.4) is 0 Å². The molecule has 0 amide bonds. The minimum absolute atomic E-state index is 0.479. The number of halogens is 1. The van der Waals surface area contributed by atoms with Crippen LogP contribution in [0.4, 0.5) is 0 Å². The molecule has 4 heteroatoms. The normalized spacial score (nSPS) is 18.4. The SMILES string of the molecule is NCC(CNC1CC1)c1ccc(Br)s1. The highest BCUT2D eigenvalue weighted by Crippen LogP contribution is 2.28. The maximum Gasteiger partial charge on any atom is 0.0701 e. The molecule has 1 atom stereocenters. The molecule has 3 N–H and O–H groups in total. The molecule has 14 heavy (non-hydrogen) atoms. The zero-order valence-corrected chi connectivity index (χ0v) is 10.4. The van der Waals surface area contributed by atoms with Gasteiger partial charge in [-0.3, -0.25) is 0 Å². The van der Waals surface area contributed by atoms with Gasteiger partial charge in [0.1, 0.15) is 0 Å². The molecule has 0 bridgehead atoms. The van der Waals surface area contributed by atoms with Gasteiger partial charge in [0.25, 0.3) is 0 Å². The lowest BCUT2D eigenvalue weighted by atomic mass is 10.1. The summed E-state index contributed by atoms with van der Waals surface area (Å²) in [4.78, 5) is 1.38. The number of hydrogen-bond donors (Lipinski definition) is 2. The standard InChI is InChI=1S/C10H15BrN2S/c11-10-4-3-9(14-10)7(5-12)6-13-8-1-2-8/h3-4,7-8,13H,1-2,5-6,12H2. The predicted octanol–water partition coefficient (Wildman–Crippen LogP) is 2.30. The molecule has 0 radical (unpaired) electrons. The molecular formula is C10H15BrN2S. The van der Waals surface area contributed by atoms with Crippen molar-refractivity contribution < 1.29 is 0 Å². The third-order valence-electron chi connectivity index (χ3n) is 2.51. The summed E-state index contributed by atoms with van der Waals surface area (Å²) < 4.78 is 1.19. The van der Waals surface area contributed by atoms with Gasteiger partial charge in [0.15, 0.2) is 0 Å². The fraction of sp³-hybridized carbons (Fsp3) is 0.600. The average molecular weight is 275 g/mol. The van der Waals surface area contributed by atoms with E-state index in [1.54, 1.807) is 11.3 Å². The fourth-order valence-corrected chi connectivity index (χ4v) is 2.98. The van der Waals surface area contributed by atoms with Crippen molar-refractivity contribution >= 4 is 27.3 Å². The Morgan fingerprint density at radius 1 is 1.57 bits per heavy atom. The van der Waals surface area contributed by atoms with Crippen molar-refractivity contribution in [2.45, 2.75) is 24.8 Å². The van der Waals surface area contributed by atoms with E-state index in [1.807, 2.05) is 0 Å². The molecule has 0 saturated heterocycles. The van der Waals surface area contributed by atoms with Gasteiger partial charge in [-0.2, -0.15) is 0 Å². The minimum Gasteiger partial charge on any atom is -0.330 e. The quantitative estimate of drug-likeness (QED) is 0.865. The third-order valence-corrected chi connectivity index (χ3v) is 4.30. The van der Waals surface area contributed by atoms with Crippen LogP contribution in [-0.4, -0.2) is 19.1 Å². The van der Waals surface area contributed by atoms with Gasteiger partial charge in [-0.25, -0.2) is 0 Å². The second kappa shape index (κ2) is 4.75. The molecule has 1 unspecified atom stereocenters. The Bertz CT molecular complexity index is 296. The zero-order chi connectivity index (χ0) is 9.97. The predicted molar refractivity (Wildman–Crippen MR) is 64.8 cm³/mol. The molecule has 1 saturated carbocycles. The largest absolute Gasteiger partial charge is 0.330 e. The number of thiophene rings is 1. The fourth-order valence-electron chi connectivity index (χ4n) is 1.44. The van der Waals surface area contributed by atoms with Crippen LogP contribution in [0.2, 0.25) is 0 Å². The average Bonchev–Trinajstić information content (AvgIpc) is 2.90. The smallest absolute Gasteiger partial charge is 0.0701 e. The molecule has 2 rings (SSSR count). The molecule has 1 fully saturated rings. The highest BCUT2D eigenvalue weighted by molar-refractivity contribution is 9.11. The monoisotopic (exact) mass is 274 g/mol. The number of hydrogen-bond acceptors (Lipinski definition) is 3. The first-order chi connectivity index (χ1) is 6.79. The molecule has 2 nitrogen and oxygen atoms in total. The van der Waals surface area contributed by atoms with Gasteiger partial charge >= 0.3 is 0 Å². The van der Waals surface area contributed by atoms with Crippen LogP contribution in [0.5, 0.6) is 0 Å². The lowest BCUT2D eigenvalue weighted by Crippen LogP contribution is -2.27. The topological polar surface area (TPSA) is 38.0 Å². The van der Waals surface area contributed by atoms with Gasteiger partial charge in [-0.15, -0.1) is 11.3 Å². The molecule has 0 aromatic carbocycles. The van der Waals surface area contributed by atoms with Gasteiger partial charge < -0.3 is 11.1 Å². The van der Waals surface area contributed by atoms with E-state index >= 15 is 0 Å². The summed E-state index contributed by atoms with van der Waals surface area (Å²) in [5.41, 5.74) is 5.77. The summed E-state index contributed by atoms with van der Waals surface area (Å²) in [6.07, 6.45) is 2.68.